The third kappa shape index (κ3) is 5.29. The molecule has 3 aromatic rings. The van der Waals surface area contributed by atoms with Gasteiger partial charge in [0.15, 0.2) is 0 Å². The summed E-state index contributed by atoms with van der Waals surface area (Å²) < 4.78 is 5.32. The van der Waals surface area contributed by atoms with Gasteiger partial charge in [0.2, 0.25) is 5.91 Å². The van der Waals surface area contributed by atoms with Gasteiger partial charge in [0.25, 0.3) is 5.91 Å². The molecule has 0 spiro atoms. The van der Waals surface area contributed by atoms with Crippen molar-refractivity contribution < 1.29 is 14.3 Å². The van der Waals surface area contributed by atoms with Crippen LogP contribution in [0.15, 0.2) is 60.0 Å². The Morgan fingerprint density at radius 2 is 1.97 bits per heavy atom. The molecule has 1 aliphatic rings. The van der Waals surface area contributed by atoms with Crippen LogP contribution in [0.3, 0.4) is 0 Å². The number of fused-ring (bicyclic) bond motifs is 1. The molecule has 0 N–H and O–H groups in total. The molecule has 1 unspecified atom stereocenters. The maximum atomic E-state index is 13.7. The molecule has 0 radical (unpaired) electrons. The summed E-state index contributed by atoms with van der Waals surface area (Å²) in [7, 11) is 1.64. The Bertz CT molecular complexity index is 1140. The summed E-state index contributed by atoms with van der Waals surface area (Å²) in [6.07, 6.45) is 2.59. The van der Waals surface area contributed by atoms with E-state index in [1.54, 1.807) is 47.6 Å². The number of rotatable bonds is 8. The van der Waals surface area contributed by atoms with Crippen molar-refractivity contribution in [3.05, 3.63) is 86.6 Å². The van der Waals surface area contributed by atoms with Crippen LogP contribution in [0.5, 0.6) is 5.75 Å². The van der Waals surface area contributed by atoms with Crippen molar-refractivity contribution in [3.63, 3.8) is 0 Å². The van der Waals surface area contributed by atoms with Gasteiger partial charge in [-0.05, 0) is 65.7 Å². The molecule has 1 aliphatic heterocycles. The Hall–Kier alpha value is -2.83. The van der Waals surface area contributed by atoms with Gasteiger partial charge in [-0.25, -0.2) is 0 Å². The SMILES string of the molecule is CCCCN(CC(=O)N1CCc2sccc2C1c1ccc(OC)cc1)C(=O)c1cccc(Cl)c1. The molecule has 4 rings (SSSR count). The standard InChI is InChI=1S/C27H29ClN2O3S/c1-3-4-14-29(27(32)20-6-5-7-21(28)17-20)18-25(31)30-15-12-24-23(13-16-34-24)26(30)19-8-10-22(33-2)11-9-19/h5-11,13,16-17,26H,3-4,12,14-15,18H2,1-2H3. The molecule has 7 heteroatoms. The largest absolute Gasteiger partial charge is 0.497 e. The van der Waals surface area contributed by atoms with Crippen molar-refractivity contribution in [2.45, 2.75) is 32.2 Å². The monoisotopic (exact) mass is 496 g/mol. The number of ether oxygens (including phenoxy) is 1. The predicted octanol–water partition coefficient (Wildman–Crippen LogP) is 5.83. The van der Waals surface area contributed by atoms with Gasteiger partial charge in [0.1, 0.15) is 12.3 Å². The van der Waals surface area contributed by atoms with E-state index in [0.717, 1.165) is 36.1 Å². The molecule has 1 aromatic heterocycles. The van der Waals surface area contributed by atoms with Crippen LogP contribution in [-0.4, -0.2) is 48.4 Å². The van der Waals surface area contributed by atoms with Crippen LogP contribution in [0, 0.1) is 0 Å². The molecule has 2 amide bonds. The van der Waals surface area contributed by atoms with Crippen LogP contribution in [0.2, 0.25) is 5.02 Å². The molecule has 0 saturated carbocycles. The van der Waals surface area contributed by atoms with E-state index < -0.39 is 0 Å². The van der Waals surface area contributed by atoms with Gasteiger partial charge >= 0.3 is 0 Å². The number of halogens is 1. The zero-order valence-corrected chi connectivity index (χ0v) is 21.1. The van der Waals surface area contributed by atoms with Gasteiger partial charge in [-0.2, -0.15) is 0 Å². The summed E-state index contributed by atoms with van der Waals surface area (Å²) in [6, 6.07) is 16.7. The predicted molar refractivity (Wildman–Crippen MR) is 137 cm³/mol. The first-order valence-corrected chi connectivity index (χ1v) is 12.8. The summed E-state index contributed by atoms with van der Waals surface area (Å²) in [6.45, 7) is 3.26. The topological polar surface area (TPSA) is 49.9 Å². The second-order valence-corrected chi connectivity index (χ2v) is 9.84. The molecule has 1 atom stereocenters. The van der Waals surface area contributed by atoms with E-state index in [2.05, 4.69) is 18.4 Å². The molecule has 2 aromatic carbocycles. The second-order valence-electron chi connectivity index (χ2n) is 8.40. The summed E-state index contributed by atoms with van der Waals surface area (Å²) in [4.78, 5) is 31.9. The van der Waals surface area contributed by atoms with Crippen molar-refractivity contribution in [1.82, 2.24) is 9.80 Å². The van der Waals surface area contributed by atoms with Gasteiger partial charge in [-0.1, -0.05) is 43.1 Å². The summed E-state index contributed by atoms with van der Waals surface area (Å²) >= 11 is 7.85. The van der Waals surface area contributed by atoms with Gasteiger partial charge in [0, 0.05) is 28.6 Å². The number of unbranched alkanes of at least 4 members (excludes halogenated alkanes) is 1. The lowest BCUT2D eigenvalue weighted by Gasteiger charge is -2.37. The van der Waals surface area contributed by atoms with E-state index in [-0.39, 0.29) is 24.4 Å². The van der Waals surface area contributed by atoms with E-state index in [1.165, 1.54) is 4.88 Å². The highest BCUT2D eigenvalue weighted by molar-refractivity contribution is 7.10. The highest BCUT2D eigenvalue weighted by Gasteiger charge is 2.34. The Labute approximate surface area is 209 Å². The van der Waals surface area contributed by atoms with E-state index in [1.807, 2.05) is 29.2 Å². The van der Waals surface area contributed by atoms with E-state index in [0.29, 0.717) is 23.7 Å². The highest BCUT2D eigenvalue weighted by Crippen LogP contribution is 2.38. The van der Waals surface area contributed by atoms with Gasteiger partial charge < -0.3 is 14.5 Å². The van der Waals surface area contributed by atoms with Crippen LogP contribution in [0.1, 0.15) is 52.2 Å². The quantitative estimate of drug-likeness (QED) is 0.394. The molecule has 2 heterocycles. The van der Waals surface area contributed by atoms with E-state index in [4.69, 9.17) is 16.3 Å². The molecule has 34 heavy (non-hydrogen) atoms. The van der Waals surface area contributed by atoms with Gasteiger partial charge in [-0.3, -0.25) is 9.59 Å². The average molecular weight is 497 g/mol. The van der Waals surface area contributed by atoms with Crippen molar-refractivity contribution in [1.29, 1.82) is 0 Å². The highest BCUT2D eigenvalue weighted by atomic mass is 35.5. The lowest BCUT2D eigenvalue weighted by atomic mass is 9.93. The first-order chi connectivity index (χ1) is 16.5. The lowest BCUT2D eigenvalue weighted by Crippen LogP contribution is -2.47. The maximum Gasteiger partial charge on any atom is 0.254 e. The molecular weight excluding hydrogens is 468 g/mol. The molecule has 0 bridgehead atoms. The van der Waals surface area contributed by atoms with Crippen molar-refractivity contribution in [2.75, 3.05) is 26.7 Å². The fourth-order valence-electron chi connectivity index (χ4n) is 4.39. The normalized spacial score (nSPS) is 15.0. The van der Waals surface area contributed by atoms with E-state index in [9.17, 15) is 9.59 Å². The molecule has 0 aliphatic carbocycles. The number of carbonyl (C=O) groups is 2. The third-order valence-corrected chi connectivity index (χ3v) is 7.42. The number of methoxy groups -OCH3 is 1. The minimum Gasteiger partial charge on any atom is -0.497 e. The maximum absolute atomic E-state index is 13.7. The Balaban J connectivity index is 1.61. The fourth-order valence-corrected chi connectivity index (χ4v) is 5.48. The third-order valence-electron chi connectivity index (χ3n) is 6.18. The fraction of sp³-hybridized carbons (Fsp3) is 0.333. The van der Waals surface area contributed by atoms with Crippen LogP contribution < -0.4 is 4.74 Å². The average Bonchev–Trinajstić information content (AvgIpc) is 3.34. The number of hydrogen-bond donors (Lipinski definition) is 0. The first kappa shape index (κ1) is 24.3. The molecular formula is C27H29ClN2O3S. The van der Waals surface area contributed by atoms with Crippen LogP contribution in [0.25, 0.3) is 0 Å². The number of thiophene rings is 1. The molecule has 178 valence electrons. The molecule has 0 saturated heterocycles. The zero-order valence-electron chi connectivity index (χ0n) is 19.5. The Morgan fingerprint density at radius 3 is 2.68 bits per heavy atom. The minimum atomic E-state index is -0.178. The Kier molecular flexibility index (Phi) is 7.91. The summed E-state index contributed by atoms with van der Waals surface area (Å²) in [5, 5.41) is 2.60. The minimum absolute atomic E-state index is 0.0392. The lowest BCUT2D eigenvalue weighted by molar-refractivity contribution is -0.134. The van der Waals surface area contributed by atoms with Crippen LogP contribution >= 0.6 is 22.9 Å². The van der Waals surface area contributed by atoms with Crippen LogP contribution in [-0.2, 0) is 11.2 Å². The van der Waals surface area contributed by atoms with Crippen molar-refractivity contribution in [3.8, 4) is 5.75 Å². The second kappa shape index (κ2) is 11.1. The van der Waals surface area contributed by atoms with E-state index >= 15 is 0 Å². The summed E-state index contributed by atoms with van der Waals surface area (Å²) in [5.74, 6) is 0.559. The molecule has 0 fully saturated rings. The van der Waals surface area contributed by atoms with Gasteiger partial charge in [0.05, 0.1) is 13.2 Å². The Morgan fingerprint density at radius 1 is 1.18 bits per heavy atom. The number of carbonyl (C=O) groups excluding carboxylic acids is 2. The first-order valence-electron chi connectivity index (χ1n) is 11.6. The number of benzene rings is 2. The number of hydrogen-bond acceptors (Lipinski definition) is 4. The zero-order chi connectivity index (χ0) is 24.1. The number of nitrogens with zero attached hydrogens (tertiary/aromatic N) is 2. The smallest absolute Gasteiger partial charge is 0.254 e. The van der Waals surface area contributed by atoms with Crippen molar-refractivity contribution in [2.24, 2.45) is 0 Å². The van der Waals surface area contributed by atoms with Crippen molar-refractivity contribution >= 4 is 34.8 Å². The van der Waals surface area contributed by atoms with Crippen LogP contribution in [0.4, 0.5) is 0 Å². The van der Waals surface area contributed by atoms with Gasteiger partial charge in [-0.15, -0.1) is 11.3 Å². The molecule has 5 nitrogen and oxygen atoms in total. The summed E-state index contributed by atoms with van der Waals surface area (Å²) in [5.41, 5.74) is 2.70. The number of amides is 2.